The highest BCUT2D eigenvalue weighted by Crippen LogP contribution is 2.29. The topological polar surface area (TPSA) is 156 Å². The second-order valence-corrected chi connectivity index (χ2v) is 11.3. The number of methoxy groups -OCH3 is 3. The number of nitrogens with one attached hydrogen (secondary N) is 3. The van der Waals surface area contributed by atoms with Gasteiger partial charge in [0, 0.05) is 27.8 Å². The Balaban J connectivity index is 2.10. The van der Waals surface area contributed by atoms with Gasteiger partial charge in [0.1, 0.15) is 6.54 Å². The smallest absolute Gasteiger partial charge is 0.325 e. The highest BCUT2D eigenvalue weighted by atomic mass is 16.5. The Morgan fingerprint density at radius 2 is 1.71 bits per heavy atom. The van der Waals surface area contributed by atoms with E-state index in [2.05, 4.69) is 20.7 Å². The van der Waals surface area contributed by atoms with E-state index in [4.69, 9.17) is 9.47 Å². The molecule has 0 aromatic heterocycles. The summed E-state index contributed by atoms with van der Waals surface area (Å²) in [4.78, 5) is 66.9. The molecule has 3 N–H and O–H groups in total. The number of ether oxygens (including phenoxy) is 3. The summed E-state index contributed by atoms with van der Waals surface area (Å²) in [7, 11) is 5.97. The van der Waals surface area contributed by atoms with Crippen LogP contribution in [0, 0.1) is 11.8 Å². The first-order valence-electron chi connectivity index (χ1n) is 15.0. The van der Waals surface area contributed by atoms with Crippen molar-refractivity contribution in [2.45, 2.75) is 89.6 Å². The lowest BCUT2D eigenvalue weighted by Gasteiger charge is -2.39. The van der Waals surface area contributed by atoms with E-state index < -0.39 is 30.1 Å². The summed E-state index contributed by atoms with van der Waals surface area (Å²) >= 11 is 0. The number of carbonyl (C=O) groups is 5. The first-order chi connectivity index (χ1) is 20.0. The average Bonchev–Trinajstić information content (AvgIpc) is 3.71. The number of rotatable bonds is 16. The number of nitrogens with zero attached hydrogens (tertiary/aromatic N) is 2. The number of likely N-dealkylation sites (N-methyl/N-ethyl adjacent to an activating group) is 1. The van der Waals surface area contributed by atoms with Crippen molar-refractivity contribution in [3.8, 4) is 0 Å². The lowest BCUT2D eigenvalue weighted by Crippen LogP contribution is -2.54. The Morgan fingerprint density at radius 3 is 2.29 bits per heavy atom. The Kier molecular flexibility index (Phi) is 14.7. The van der Waals surface area contributed by atoms with E-state index in [1.54, 1.807) is 23.8 Å². The van der Waals surface area contributed by atoms with Crippen LogP contribution >= 0.6 is 0 Å². The van der Waals surface area contributed by atoms with Gasteiger partial charge >= 0.3 is 5.97 Å². The van der Waals surface area contributed by atoms with E-state index in [-0.39, 0.29) is 61.1 Å². The minimum Gasteiger partial charge on any atom is -0.468 e. The van der Waals surface area contributed by atoms with Gasteiger partial charge in [-0.05, 0) is 38.1 Å². The van der Waals surface area contributed by atoms with Crippen LogP contribution in [0.2, 0.25) is 0 Å². The van der Waals surface area contributed by atoms with Gasteiger partial charge in [-0.15, -0.1) is 0 Å². The highest BCUT2D eigenvalue weighted by molar-refractivity contribution is 5.88. The second kappa shape index (κ2) is 17.4. The predicted molar refractivity (Wildman–Crippen MR) is 155 cm³/mol. The standard InChI is InChI=1S/C29H51N5O8/c1-8-18(2)26(33(4)24(36)16-31-29(39)20-11-9-13-30-20)22(40-5)15-23(35)34-14-10-12-21(34)27(42-7)19(3)28(38)32-17-25(37)41-6/h18-22,26-27,30H,8-17H2,1-7H3,(H,31,39)(H,32,38). The molecule has 0 bridgehead atoms. The number of hydrogen-bond acceptors (Lipinski definition) is 9. The van der Waals surface area contributed by atoms with Crippen LogP contribution in [0.4, 0.5) is 0 Å². The molecule has 7 atom stereocenters. The molecule has 13 heteroatoms. The maximum absolute atomic E-state index is 13.7. The van der Waals surface area contributed by atoms with Crippen molar-refractivity contribution < 1.29 is 38.2 Å². The molecule has 0 aliphatic carbocycles. The molecule has 0 spiro atoms. The fourth-order valence-electron chi connectivity index (χ4n) is 6.04. The third kappa shape index (κ3) is 9.37. The molecule has 4 amide bonds. The van der Waals surface area contributed by atoms with Crippen molar-refractivity contribution in [3.63, 3.8) is 0 Å². The van der Waals surface area contributed by atoms with E-state index in [1.165, 1.54) is 21.3 Å². The molecule has 240 valence electrons. The van der Waals surface area contributed by atoms with Crippen LogP contribution in [0.3, 0.4) is 0 Å². The molecule has 2 saturated heterocycles. The zero-order valence-electron chi connectivity index (χ0n) is 26.3. The van der Waals surface area contributed by atoms with Crippen LogP contribution in [-0.2, 0) is 38.2 Å². The van der Waals surface area contributed by atoms with E-state index in [0.717, 1.165) is 32.2 Å². The third-order valence-corrected chi connectivity index (χ3v) is 8.73. The maximum Gasteiger partial charge on any atom is 0.325 e. The van der Waals surface area contributed by atoms with Crippen LogP contribution in [0.15, 0.2) is 0 Å². The van der Waals surface area contributed by atoms with Crippen molar-refractivity contribution in [2.75, 3.05) is 54.6 Å². The normalized spacial score (nSPS) is 22.0. The lowest BCUT2D eigenvalue weighted by molar-refractivity contribution is -0.146. The molecule has 2 heterocycles. The molecule has 0 aromatic carbocycles. The van der Waals surface area contributed by atoms with E-state index in [0.29, 0.717) is 13.0 Å². The molecule has 2 aliphatic heterocycles. The number of amides is 4. The van der Waals surface area contributed by atoms with Crippen molar-refractivity contribution >= 4 is 29.6 Å². The molecule has 7 unspecified atom stereocenters. The first-order valence-corrected chi connectivity index (χ1v) is 15.0. The lowest BCUT2D eigenvalue weighted by atomic mass is 9.90. The summed E-state index contributed by atoms with van der Waals surface area (Å²) in [5.74, 6) is -2.12. The Morgan fingerprint density at radius 1 is 1.00 bits per heavy atom. The predicted octanol–water partition coefficient (Wildman–Crippen LogP) is 0.0641. The van der Waals surface area contributed by atoms with Gasteiger partial charge in [-0.2, -0.15) is 0 Å². The van der Waals surface area contributed by atoms with Gasteiger partial charge in [0.15, 0.2) is 0 Å². The summed E-state index contributed by atoms with van der Waals surface area (Å²) in [6.07, 6.45) is 2.72. The van der Waals surface area contributed by atoms with Crippen LogP contribution in [0.5, 0.6) is 0 Å². The van der Waals surface area contributed by atoms with Crippen molar-refractivity contribution in [2.24, 2.45) is 11.8 Å². The van der Waals surface area contributed by atoms with Gasteiger partial charge < -0.3 is 40.0 Å². The number of carbonyl (C=O) groups excluding carboxylic acids is 5. The molecule has 0 saturated carbocycles. The SMILES string of the molecule is CCC(C)C(C(CC(=O)N1CCCC1C(OC)C(C)C(=O)NCC(=O)OC)OC)N(C)C(=O)CNC(=O)C1CCCN1. The van der Waals surface area contributed by atoms with Gasteiger partial charge in [0.25, 0.3) is 0 Å². The van der Waals surface area contributed by atoms with Crippen molar-refractivity contribution in [1.82, 2.24) is 25.8 Å². The average molecular weight is 598 g/mol. The zero-order chi connectivity index (χ0) is 31.4. The highest BCUT2D eigenvalue weighted by Gasteiger charge is 2.42. The van der Waals surface area contributed by atoms with E-state index in [9.17, 15) is 24.0 Å². The largest absolute Gasteiger partial charge is 0.468 e. The quantitative estimate of drug-likeness (QED) is 0.210. The third-order valence-electron chi connectivity index (χ3n) is 8.73. The molecule has 13 nitrogen and oxygen atoms in total. The molecule has 0 aromatic rings. The number of hydrogen-bond donors (Lipinski definition) is 3. The van der Waals surface area contributed by atoms with Gasteiger partial charge in [0.05, 0.1) is 56.3 Å². The zero-order valence-corrected chi connectivity index (χ0v) is 26.3. The van der Waals surface area contributed by atoms with E-state index >= 15 is 0 Å². The Labute approximate surface area is 249 Å². The molecule has 0 radical (unpaired) electrons. The minimum absolute atomic E-state index is 0.0172. The summed E-state index contributed by atoms with van der Waals surface area (Å²) < 4.78 is 16.2. The van der Waals surface area contributed by atoms with Crippen LogP contribution < -0.4 is 16.0 Å². The van der Waals surface area contributed by atoms with Crippen LogP contribution in [0.25, 0.3) is 0 Å². The fourth-order valence-corrected chi connectivity index (χ4v) is 6.04. The van der Waals surface area contributed by atoms with Crippen molar-refractivity contribution in [1.29, 1.82) is 0 Å². The summed E-state index contributed by atoms with van der Waals surface area (Å²) in [6.45, 7) is 6.66. The molecular weight excluding hydrogens is 546 g/mol. The fraction of sp³-hybridized carbons (Fsp3) is 0.828. The van der Waals surface area contributed by atoms with Crippen LogP contribution in [0.1, 0.15) is 59.3 Å². The van der Waals surface area contributed by atoms with Gasteiger partial charge in [-0.1, -0.05) is 27.2 Å². The van der Waals surface area contributed by atoms with Crippen molar-refractivity contribution in [3.05, 3.63) is 0 Å². The molecule has 42 heavy (non-hydrogen) atoms. The van der Waals surface area contributed by atoms with Gasteiger partial charge in [0.2, 0.25) is 23.6 Å². The second-order valence-electron chi connectivity index (χ2n) is 11.3. The maximum atomic E-state index is 13.7. The number of esters is 1. The molecule has 2 rings (SSSR count). The Hall–Kier alpha value is -2.77. The summed E-state index contributed by atoms with van der Waals surface area (Å²) in [5, 5.41) is 8.43. The molecular formula is C29H51N5O8. The summed E-state index contributed by atoms with van der Waals surface area (Å²) in [5.41, 5.74) is 0. The number of likely N-dealkylation sites (tertiary alicyclic amines) is 1. The van der Waals surface area contributed by atoms with Gasteiger partial charge in [-0.3, -0.25) is 24.0 Å². The first kappa shape index (κ1) is 35.4. The van der Waals surface area contributed by atoms with E-state index in [1.807, 2.05) is 13.8 Å². The monoisotopic (exact) mass is 597 g/mol. The molecule has 2 fully saturated rings. The Bertz CT molecular complexity index is 928. The van der Waals surface area contributed by atoms with Gasteiger partial charge in [-0.25, -0.2) is 0 Å². The summed E-state index contributed by atoms with van der Waals surface area (Å²) in [6, 6.07) is -1.01. The van der Waals surface area contributed by atoms with Crippen LogP contribution in [-0.4, -0.2) is 124 Å². The minimum atomic E-state index is -0.623. The molecule has 2 aliphatic rings.